The first-order valence-corrected chi connectivity index (χ1v) is 20.2. The van der Waals surface area contributed by atoms with E-state index in [1.165, 1.54) is 0 Å². The van der Waals surface area contributed by atoms with E-state index >= 15 is 0 Å². The second kappa shape index (κ2) is 16.9. The van der Waals surface area contributed by atoms with E-state index < -0.39 is 60.4 Å². The Morgan fingerprint density at radius 1 is 0.603 bits per heavy atom. The number of imidazole rings is 1. The van der Waals surface area contributed by atoms with Crippen LogP contribution in [0.15, 0.2) is 200 Å². The second-order valence-electron chi connectivity index (χ2n) is 15.1. The number of pyridine rings is 1. The third-order valence-electron chi connectivity index (χ3n) is 11.0. The van der Waals surface area contributed by atoms with Crippen molar-refractivity contribution in [2.24, 2.45) is 0 Å². The Morgan fingerprint density at radius 3 is 2.05 bits per heavy atom. The van der Waals surface area contributed by atoms with Crippen molar-refractivity contribution in [2.75, 3.05) is 0 Å². The monoisotopic (exact) mass is 1000 g/mol. The minimum atomic E-state index is -0.573. The van der Waals surface area contributed by atoms with Gasteiger partial charge in [-0.05, 0) is 74.1 Å². The van der Waals surface area contributed by atoms with Gasteiger partial charge in [0.15, 0.2) is 0 Å². The number of benzene rings is 8. The third kappa shape index (κ3) is 7.35. The van der Waals surface area contributed by atoms with Gasteiger partial charge in [0.05, 0.1) is 30.4 Å². The van der Waals surface area contributed by atoms with Gasteiger partial charge in [0, 0.05) is 44.3 Å². The summed E-state index contributed by atoms with van der Waals surface area (Å²) in [5, 5.41) is 2.00. The van der Waals surface area contributed by atoms with Gasteiger partial charge in [0.25, 0.3) is 6.33 Å². The van der Waals surface area contributed by atoms with Crippen LogP contribution in [0.4, 0.5) is 0 Å². The predicted octanol–water partition coefficient (Wildman–Crippen LogP) is 13.7. The number of hydrogen-bond acceptors (Lipinski definition) is 2. The number of fused-ring (bicyclic) bond motifs is 4. The van der Waals surface area contributed by atoms with Crippen LogP contribution in [0.1, 0.15) is 39.0 Å². The summed E-state index contributed by atoms with van der Waals surface area (Å²) in [6.45, 7) is 4.30. The van der Waals surface area contributed by atoms with Crippen molar-refractivity contribution < 1.29 is 44.1 Å². The molecule has 11 aromatic rings. The molecule has 8 aromatic carbocycles. The molecule has 0 bridgehead atoms. The summed E-state index contributed by atoms with van der Waals surface area (Å²) in [4.78, 5) is 4.84. The van der Waals surface area contributed by atoms with E-state index in [0.717, 1.165) is 44.3 Å². The fourth-order valence-electron chi connectivity index (χ4n) is 8.05. The van der Waals surface area contributed by atoms with Gasteiger partial charge < -0.3 is 13.9 Å². The molecule has 0 atom stereocenters. The summed E-state index contributed by atoms with van der Waals surface area (Å²) in [6, 6.07) is 43.9. The van der Waals surface area contributed by atoms with E-state index in [9.17, 15) is 0 Å². The van der Waals surface area contributed by atoms with Crippen molar-refractivity contribution in [1.29, 1.82) is 0 Å². The number of aromatic nitrogens is 4. The van der Waals surface area contributed by atoms with Gasteiger partial charge in [-0.3, -0.25) is 4.57 Å². The van der Waals surface area contributed by atoms with E-state index in [0.29, 0.717) is 28.2 Å². The first-order chi connectivity index (χ1) is 34.7. The molecule has 0 saturated heterocycles. The van der Waals surface area contributed by atoms with Gasteiger partial charge in [0.1, 0.15) is 5.82 Å². The molecule has 0 fully saturated rings. The maximum Gasteiger partial charge on any atom is 0.268 e. The van der Waals surface area contributed by atoms with Crippen molar-refractivity contribution in [2.45, 2.75) is 19.8 Å². The zero-order valence-electron chi connectivity index (χ0n) is 43.9. The topological polar surface area (TPSA) is 35.9 Å². The Morgan fingerprint density at radius 2 is 1.30 bits per heavy atom. The molecule has 0 saturated carbocycles. The summed E-state index contributed by atoms with van der Waals surface area (Å²) in [7, 11) is 0. The quantitative estimate of drug-likeness (QED) is 0.107. The zero-order valence-corrected chi connectivity index (χ0v) is 36.1. The zero-order chi connectivity index (χ0) is 50.3. The Hall–Kier alpha value is -7.33. The van der Waals surface area contributed by atoms with Gasteiger partial charge >= 0.3 is 0 Å². The van der Waals surface area contributed by atoms with Crippen molar-refractivity contribution in [1.82, 2.24) is 14.1 Å². The molecule has 0 aliphatic heterocycles. The van der Waals surface area contributed by atoms with E-state index in [4.69, 9.17) is 23.4 Å². The first kappa shape index (κ1) is 29.8. The molecular formula is C57H40N4OPt-2. The van der Waals surface area contributed by atoms with Crippen molar-refractivity contribution in [3.8, 4) is 62.1 Å². The van der Waals surface area contributed by atoms with Crippen LogP contribution < -0.4 is 9.30 Å². The molecule has 63 heavy (non-hydrogen) atoms. The number of hydrogen-bond donors (Lipinski definition) is 0. The maximum atomic E-state index is 9.02. The number of rotatable bonds is 9. The molecule has 6 heteroatoms. The SMILES string of the molecule is [2H]c1c([2H])c([2H])c(-c2cccc(-c3c([2H])c([2H])c([2H])c([2H])c3[2H])c2-[n+]2[c-]n(-c3[c-]c(Oc4[c-]c5c(cc4)c4cc(-c6ccccc6)ccc4n5-c4cc(C(C)C)ccn4)ccc3)c3ccccc32)c([2H])c1[2H].[Pt]. The molecule has 0 N–H and O–H groups in total. The molecule has 306 valence electrons. The fourth-order valence-corrected chi connectivity index (χ4v) is 8.05. The summed E-state index contributed by atoms with van der Waals surface area (Å²) < 4.78 is 99.1. The van der Waals surface area contributed by atoms with Gasteiger partial charge in [-0.15, -0.1) is 29.7 Å². The molecular weight excluding hydrogens is 952 g/mol. The number of ether oxygens (including phenoxy) is 1. The molecule has 11 rings (SSSR count). The third-order valence-corrected chi connectivity index (χ3v) is 11.0. The van der Waals surface area contributed by atoms with E-state index in [-0.39, 0.29) is 54.9 Å². The second-order valence-corrected chi connectivity index (χ2v) is 15.1. The molecule has 0 radical (unpaired) electrons. The fraction of sp³-hybridized carbons (Fsp3) is 0.0526. The molecule has 0 spiro atoms. The normalized spacial score (nSPS) is 13.6. The number of para-hydroxylation sites is 3. The minimum Gasteiger partial charge on any atom is -0.510 e. The van der Waals surface area contributed by atoms with Crippen LogP contribution in [0.5, 0.6) is 11.5 Å². The first-order valence-electron chi connectivity index (χ1n) is 25.2. The van der Waals surface area contributed by atoms with E-state index in [1.54, 1.807) is 39.5 Å². The van der Waals surface area contributed by atoms with E-state index in [2.05, 4.69) is 73.3 Å². The van der Waals surface area contributed by atoms with Gasteiger partial charge in [0.2, 0.25) is 0 Å². The Balaban J connectivity index is 0.00000611. The van der Waals surface area contributed by atoms with Gasteiger partial charge in [-0.2, -0.15) is 18.2 Å². The summed E-state index contributed by atoms with van der Waals surface area (Å²) in [6.07, 6.45) is 5.24. The van der Waals surface area contributed by atoms with Gasteiger partial charge in [-0.1, -0.05) is 165 Å². The molecule has 0 amide bonds. The summed E-state index contributed by atoms with van der Waals surface area (Å²) in [5.41, 5.74) is 6.87. The average molecular weight is 1000 g/mol. The van der Waals surface area contributed by atoms with Crippen LogP contribution in [-0.2, 0) is 21.1 Å². The van der Waals surface area contributed by atoms with Crippen LogP contribution in [0.3, 0.4) is 0 Å². The van der Waals surface area contributed by atoms with Crippen molar-refractivity contribution in [3.05, 3.63) is 224 Å². The Labute approximate surface area is 395 Å². The van der Waals surface area contributed by atoms with Crippen LogP contribution in [0.25, 0.3) is 83.4 Å². The predicted molar refractivity (Wildman–Crippen MR) is 250 cm³/mol. The smallest absolute Gasteiger partial charge is 0.268 e. The summed E-state index contributed by atoms with van der Waals surface area (Å²) >= 11 is 0. The van der Waals surface area contributed by atoms with Gasteiger partial charge in [-0.25, -0.2) is 4.98 Å². The van der Waals surface area contributed by atoms with Crippen LogP contribution in [0, 0.1) is 18.5 Å². The average Bonchev–Trinajstić information content (AvgIpc) is 3.94. The molecule has 3 heterocycles. The van der Waals surface area contributed by atoms with Crippen molar-refractivity contribution >= 4 is 32.8 Å². The maximum absolute atomic E-state index is 9.02. The van der Waals surface area contributed by atoms with Crippen LogP contribution in [0.2, 0.25) is 0 Å². The number of nitrogens with zero attached hydrogens (tertiary/aromatic N) is 4. The molecule has 3 aromatic heterocycles. The Bertz CT molecular complexity index is 3880. The Kier molecular flexibility index (Phi) is 7.98. The molecule has 0 aliphatic carbocycles. The molecule has 0 unspecified atom stereocenters. The summed E-state index contributed by atoms with van der Waals surface area (Å²) in [5.74, 6) is 1.81. The molecule has 5 nitrogen and oxygen atoms in total. The molecule has 0 aliphatic rings. The van der Waals surface area contributed by atoms with Crippen molar-refractivity contribution in [3.63, 3.8) is 0 Å². The standard InChI is InChI=1S/C57H40N4O.Pt/c1-39(2)43-32-33-58-56(35-43)61-52-31-28-44(40-16-6-3-7-17-40)34-51(52)50-30-29-47(37-55(50)61)62-46-23-14-22-45(36-46)59-38-60(54-27-13-12-26-53(54)59)57-48(41-18-8-4-9-19-41)24-15-25-49(57)42-20-10-5-11-21-42;/h3-35,39H,1-2H3;/q-2;/i4D,5D,8D,9D,10D,11D,18D,19D,20D,21D;. The minimum absolute atomic E-state index is 0. The van der Waals surface area contributed by atoms with Crippen LogP contribution in [-0.4, -0.2) is 14.1 Å². The van der Waals surface area contributed by atoms with Crippen LogP contribution >= 0.6 is 0 Å². The largest absolute Gasteiger partial charge is 0.510 e. The van der Waals surface area contributed by atoms with E-state index in [1.807, 2.05) is 72.9 Å².